The summed E-state index contributed by atoms with van der Waals surface area (Å²) in [5.74, 6) is -0.957. The number of ether oxygens (including phenoxy) is 1. The number of anilines is 1. The molecule has 6 nitrogen and oxygen atoms in total. The maximum absolute atomic E-state index is 12.0. The molecule has 0 aliphatic carbocycles. The third kappa shape index (κ3) is 5.87. The lowest BCUT2D eigenvalue weighted by atomic mass is 10.0. The van der Waals surface area contributed by atoms with Crippen LogP contribution in [-0.4, -0.2) is 36.3 Å². The molecule has 0 atom stereocenters. The van der Waals surface area contributed by atoms with Crippen molar-refractivity contribution in [2.75, 3.05) is 18.0 Å². The molecular weight excluding hydrogens is 356 g/mol. The van der Waals surface area contributed by atoms with Gasteiger partial charge in [0, 0.05) is 30.9 Å². The summed E-state index contributed by atoms with van der Waals surface area (Å²) in [4.78, 5) is 24.8. The summed E-state index contributed by atoms with van der Waals surface area (Å²) in [7, 11) is 0. The minimum Gasteiger partial charge on any atom is -0.478 e. The van der Waals surface area contributed by atoms with Crippen LogP contribution in [0, 0.1) is 0 Å². The maximum atomic E-state index is 12.0. The number of nitrogens with zero attached hydrogens (tertiary/aromatic N) is 1. The number of amides is 1. The highest BCUT2D eigenvalue weighted by atomic mass is 16.5. The van der Waals surface area contributed by atoms with Gasteiger partial charge in [0.05, 0.1) is 0 Å². The van der Waals surface area contributed by atoms with Gasteiger partial charge in [-0.15, -0.1) is 0 Å². The molecule has 1 aliphatic rings. The zero-order valence-electron chi connectivity index (χ0n) is 15.6. The Labute approximate surface area is 164 Å². The van der Waals surface area contributed by atoms with Gasteiger partial charge >= 0.3 is 12.1 Å². The van der Waals surface area contributed by atoms with Crippen LogP contribution in [0.1, 0.15) is 24.0 Å². The van der Waals surface area contributed by atoms with Crippen LogP contribution >= 0.6 is 0 Å². The molecule has 0 bridgehead atoms. The number of carbonyl (C=O) groups excluding carboxylic acids is 1. The van der Waals surface area contributed by atoms with E-state index in [4.69, 9.17) is 9.84 Å². The average Bonchev–Trinajstić information content (AvgIpc) is 2.72. The summed E-state index contributed by atoms with van der Waals surface area (Å²) in [6.07, 6.45) is 4.02. The van der Waals surface area contributed by atoms with Crippen LogP contribution < -0.4 is 10.2 Å². The van der Waals surface area contributed by atoms with E-state index in [0.29, 0.717) is 0 Å². The zero-order valence-corrected chi connectivity index (χ0v) is 15.6. The number of carboxylic acid groups (broad SMARTS) is 1. The van der Waals surface area contributed by atoms with Crippen molar-refractivity contribution in [2.24, 2.45) is 0 Å². The van der Waals surface area contributed by atoms with E-state index in [1.807, 2.05) is 54.6 Å². The highest BCUT2D eigenvalue weighted by molar-refractivity contribution is 5.85. The Kier molecular flexibility index (Phi) is 6.68. The summed E-state index contributed by atoms with van der Waals surface area (Å²) in [6.45, 7) is 1.95. The molecule has 1 aliphatic heterocycles. The average molecular weight is 380 g/mol. The van der Waals surface area contributed by atoms with Gasteiger partial charge in [-0.3, -0.25) is 0 Å². The van der Waals surface area contributed by atoms with Gasteiger partial charge in [-0.05, 0) is 42.2 Å². The Morgan fingerprint density at radius 2 is 1.75 bits per heavy atom. The molecule has 6 heteroatoms. The van der Waals surface area contributed by atoms with E-state index in [1.165, 1.54) is 0 Å². The van der Waals surface area contributed by atoms with Crippen LogP contribution in [-0.2, 0) is 16.1 Å². The number of rotatable bonds is 6. The Morgan fingerprint density at radius 3 is 2.39 bits per heavy atom. The number of alkyl carbamates (subject to hydrolysis) is 1. The number of hydrogen-bond acceptors (Lipinski definition) is 4. The number of carbonyl (C=O) groups is 2. The Bertz CT molecular complexity index is 810. The van der Waals surface area contributed by atoms with Crippen LogP contribution in [0.2, 0.25) is 0 Å². The van der Waals surface area contributed by atoms with Crippen molar-refractivity contribution in [1.29, 1.82) is 0 Å². The van der Waals surface area contributed by atoms with Gasteiger partial charge in [-0.25, -0.2) is 9.59 Å². The molecule has 0 spiro atoms. The first-order chi connectivity index (χ1) is 13.6. The number of hydrogen-bond donors (Lipinski definition) is 2. The summed E-state index contributed by atoms with van der Waals surface area (Å²) >= 11 is 0. The molecule has 0 radical (unpaired) electrons. The molecule has 146 valence electrons. The van der Waals surface area contributed by atoms with Gasteiger partial charge in [-0.1, -0.05) is 42.5 Å². The first kappa shape index (κ1) is 19.5. The first-order valence-corrected chi connectivity index (χ1v) is 9.33. The lowest BCUT2D eigenvalue weighted by Crippen LogP contribution is -2.44. The van der Waals surface area contributed by atoms with Crippen molar-refractivity contribution in [1.82, 2.24) is 5.32 Å². The third-order valence-electron chi connectivity index (χ3n) is 4.71. The molecule has 1 fully saturated rings. The molecule has 0 saturated carbocycles. The van der Waals surface area contributed by atoms with E-state index in [1.54, 1.807) is 6.08 Å². The predicted molar refractivity (Wildman–Crippen MR) is 108 cm³/mol. The van der Waals surface area contributed by atoms with E-state index >= 15 is 0 Å². The highest BCUT2D eigenvalue weighted by Crippen LogP contribution is 2.21. The topological polar surface area (TPSA) is 78.9 Å². The molecule has 0 aromatic heterocycles. The third-order valence-corrected chi connectivity index (χ3v) is 4.71. The van der Waals surface area contributed by atoms with E-state index in [2.05, 4.69) is 10.2 Å². The minimum atomic E-state index is -0.957. The number of piperidine rings is 1. The van der Waals surface area contributed by atoms with Crippen molar-refractivity contribution >= 4 is 23.8 Å². The molecule has 1 amide bonds. The van der Waals surface area contributed by atoms with Crippen molar-refractivity contribution in [2.45, 2.75) is 25.5 Å². The summed E-state index contributed by atoms with van der Waals surface area (Å²) in [6, 6.07) is 17.5. The normalized spacial score (nSPS) is 14.8. The van der Waals surface area contributed by atoms with Crippen molar-refractivity contribution in [3.8, 4) is 0 Å². The second-order valence-corrected chi connectivity index (χ2v) is 6.73. The predicted octanol–water partition coefficient (Wildman–Crippen LogP) is 3.68. The molecule has 2 aromatic carbocycles. The van der Waals surface area contributed by atoms with Crippen LogP contribution in [0.25, 0.3) is 6.08 Å². The van der Waals surface area contributed by atoms with Crippen LogP contribution in [0.3, 0.4) is 0 Å². The van der Waals surface area contributed by atoms with E-state index in [0.717, 1.165) is 48.8 Å². The van der Waals surface area contributed by atoms with Crippen molar-refractivity contribution < 1.29 is 19.4 Å². The molecule has 2 N–H and O–H groups in total. The largest absolute Gasteiger partial charge is 0.478 e. The fourth-order valence-corrected chi connectivity index (χ4v) is 3.18. The number of carboxylic acids is 1. The fourth-order valence-electron chi connectivity index (χ4n) is 3.18. The second kappa shape index (κ2) is 9.60. The lowest BCUT2D eigenvalue weighted by molar-refractivity contribution is -0.131. The summed E-state index contributed by atoms with van der Waals surface area (Å²) in [5.41, 5.74) is 2.91. The highest BCUT2D eigenvalue weighted by Gasteiger charge is 2.21. The van der Waals surface area contributed by atoms with Gasteiger partial charge in [0.15, 0.2) is 0 Å². The molecule has 1 saturated heterocycles. The summed E-state index contributed by atoms with van der Waals surface area (Å²) in [5, 5.41) is 11.6. The second-order valence-electron chi connectivity index (χ2n) is 6.73. The SMILES string of the molecule is O=C(O)/C=C/c1ccc(N2CCC(NC(=O)OCc3ccccc3)CC2)cc1. The standard InChI is InChI=1S/C22H24N2O4/c25-21(26)11-8-17-6-9-20(10-7-17)24-14-12-19(13-15-24)23-22(27)28-16-18-4-2-1-3-5-18/h1-11,19H,12-16H2,(H,23,27)(H,25,26)/b11-8+. The molecule has 2 aromatic rings. The van der Waals surface area contributed by atoms with Gasteiger partial charge < -0.3 is 20.1 Å². The van der Waals surface area contributed by atoms with E-state index in [-0.39, 0.29) is 18.7 Å². The lowest BCUT2D eigenvalue weighted by Gasteiger charge is -2.33. The number of nitrogens with one attached hydrogen (secondary N) is 1. The van der Waals surface area contributed by atoms with Crippen molar-refractivity contribution in [3.63, 3.8) is 0 Å². The van der Waals surface area contributed by atoms with Crippen LogP contribution in [0.5, 0.6) is 0 Å². The van der Waals surface area contributed by atoms with Gasteiger partial charge in [-0.2, -0.15) is 0 Å². The van der Waals surface area contributed by atoms with Gasteiger partial charge in [0.25, 0.3) is 0 Å². The summed E-state index contributed by atoms with van der Waals surface area (Å²) < 4.78 is 5.28. The van der Waals surface area contributed by atoms with Crippen molar-refractivity contribution in [3.05, 3.63) is 71.8 Å². The monoisotopic (exact) mass is 380 g/mol. The molecular formula is C22H24N2O4. The Balaban J connectivity index is 1.42. The maximum Gasteiger partial charge on any atom is 0.407 e. The number of benzene rings is 2. The first-order valence-electron chi connectivity index (χ1n) is 9.33. The Morgan fingerprint density at radius 1 is 1.07 bits per heavy atom. The van der Waals surface area contributed by atoms with Gasteiger partial charge in [0.1, 0.15) is 6.61 Å². The minimum absolute atomic E-state index is 0.109. The zero-order chi connectivity index (χ0) is 19.8. The smallest absolute Gasteiger partial charge is 0.407 e. The fraction of sp³-hybridized carbons (Fsp3) is 0.273. The van der Waals surface area contributed by atoms with Crippen LogP contribution in [0.15, 0.2) is 60.7 Å². The molecule has 0 unspecified atom stereocenters. The number of aliphatic carboxylic acids is 1. The molecule has 1 heterocycles. The molecule has 28 heavy (non-hydrogen) atoms. The molecule has 3 rings (SSSR count). The van der Waals surface area contributed by atoms with E-state index < -0.39 is 5.97 Å². The van der Waals surface area contributed by atoms with Crippen LogP contribution in [0.4, 0.5) is 10.5 Å². The van der Waals surface area contributed by atoms with Gasteiger partial charge in [0.2, 0.25) is 0 Å². The van der Waals surface area contributed by atoms with E-state index in [9.17, 15) is 9.59 Å². The quantitative estimate of drug-likeness (QED) is 0.748. The Hall–Kier alpha value is -3.28.